The Morgan fingerprint density at radius 2 is 2.00 bits per heavy atom. The van der Waals surface area contributed by atoms with E-state index in [1.807, 2.05) is 13.8 Å². The minimum absolute atomic E-state index is 0.0267. The summed E-state index contributed by atoms with van der Waals surface area (Å²) in [5.41, 5.74) is 0.938. The third-order valence-corrected chi connectivity index (χ3v) is 4.38. The molecule has 0 aromatic heterocycles. The average molecular weight is 312 g/mol. The van der Waals surface area contributed by atoms with E-state index in [0.29, 0.717) is 17.5 Å². The summed E-state index contributed by atoms with van der Waals surface area (Å²) in [5.74, 6) is -0.272. The normalized spacial score (nSPS) is 13.0. The first kappa shape index (κ1) is 17.7. The lowest BCUT2D eigenvalue weighted by Crippen LogP contribution is -2.32. The third kappa shape index (κ3) is 5.13. The number of primary sulfonamides is 1. The van der Waals surface area contributed by atoms with Crippen molar-refractivity contribution in [3.8, 4) is 0 Å². The molecule has 118 valence electrons. The van der Waals surface area contributed by atoms with Gasteiger partial charge in [0, 0.05) is 11.6 Å². The monoisotopic (exact) mass is 312 g/mol. The second-order valence-electron chi connectivity index (χ2n) is 5.24. The van der Waals surface area contributed by atoms with Gasteiger partial charge in [0.25, 0.3) is 5.91 Å². The fourth-order valence-electron chi connectivity index (χ4n) is 2.14. The van der Waals surface area contributed by atoms with E-state index < -0.39 is 10.0 Å². The first-order chi connectivity index (χ1) is 9.79. The van der Waals surface area contributed by atoms with E-state index in [1.54, 1.807) is 12.1 Å². The molecule has 3 N–H and O–H groups in total. The van der Waals surface area contributed by atoms with E-state index in [1.165, 1.54) is 6.07 Å². The predicted molar refractivity (Wildman–Crippen MR) is 83.6 cm³/mol. The van der Waals surface area contributed by atoms with Gasteiger partial charge in [0.05, 0.1) is 4.90 Å². The van der Waals surface area contributed by atoms with E-state index in [0.717, 1.165) is 19.3 Å². The Bertz CT molecular complexity index is 597. The second-order valence-corrected chi connectivity index (χ2v) is 6.77. The Balaban J connectivity index is 2.96. The van der Waals surface area contributed by atoms with Crippen LogP contribution in [0.3, 0.4) is 0 Å². The predicted octanol–water partition coefficient (Wildman–Crippen LogP) is 2.20. The fourth-order valence-corrected chi connectivity index (χ4v) is 3.01. The molecule has 0 heterocycles. The number of hydrogen-bond donors (Lipinski definition) is 2. The van der Waals surface area contributed by atoms with Crippen LogP contribution in [0.2, 0.25) is 0 Å². The molecule has 0 aliphatic carbocycles. The molecule has 0 aliphatic rings. The molecular weight excluding hydrogens is 288 g/mol. The van der Waals surface area contributed by atoms with Gasteiger partial charge in [-0.3, -0.25) is 4.79 Å². The Labute approximate surface area is 127 Å². The van der Waals surface area contributed by atoms with Crippen LogP contribution in [-0.4, -0.2) is 20.4 Å². The Morgan fingerprint density at radius 3 is 2.52 bits per heavy atom. The van der Waals surface area contributed by atoms with Crippen LogP contribution in [0, 0.1) is 0 Å². The topological polar surface area (TPSA) is 89.3 Å². The summed E-state index contributed by atoms with van der Waals surface area (Å²) >= 11 is 0. The molecule has 5 nitrogen and oxygen atoms in total. The maximum absolute atomic E-state index is 12.2. The number of hydrogen-bond acceptors (Lipinski definition) is 3. The minimum atomic E-state index is -3.82. The van der Waals surface area contributed by atoms with Gasteiger partial charge in [-0.05, 0) is 37.5 Å². The van der Waals surface area contributed by atoms with Gasteiger partial charge in [-0.25, -0.2) is 13.6 Å². The van der Waals surface area contributed by atoms with Crippen LogP contribution >= 0.6 is 0 Å². The number of carbonyl (C=O) groups is 1. The van der Waals surface area contributed by atoms with Crippen molar-refractivity contribution in [2.75, 3.05) is 0 Å². The average Bonchev–Trinajstić information content (AvgIpc) is 2.43. The number of nitrogens with two attached hydrogens (primary N) is 1. The lowest BCUT2D eigenvalue weighted by Gasteiger charge is -2.14. The van der Waals surface area contributed by atoms with Crippen molar-refractivity contribution >= 4 is 15.9 Å². The maximum Gasteiger partial charge on any atom is 0.251 e. The molecule has 0 spiro atoms. The second kappa shape index (κ2) is 7.56. The number of aryl methyl sites for hydroxylation is 1. The van der Waals surface area contributed by atoms with Gasteiger partial charge in [-0.2, -0.15) is 0 Å². The molecular formula is C15H24N2O3S. The highest BCUT2D eigenvalue weighted by atomic mass is 32.2. The zero-order valence-corrected chi connectivity index (χ0v) is 13.7. The Kier molecular flexibility index (Phi) is 6.36. The third-order valence-electron chi connectivity index (χ3n) is 3.38. The molecule has 1 aromatic carbocycles. The molecule has 0 aliphatic heterocycles. The Hall–Kier alpha value is -1.40. The summed E-state index contributed by atoms with van der Waals surface area (Å²) in [6, 6.07) is 4.69. The van der Waals surface area contributed by atoms with Crippen molar-refractivity contribution in [2.24, 2.45) is 5.14 Å². The molecule has 0 bridgehead atoms. The van der Waals surface area contributed by atoms with Crippen molar-refractivity contribution in [1.82, 2.24) is 5.32 Å². The van der Waals surface area contributed by atoms with Crippen LogP contribution in [-0.2, 0) is 16.4 Å². The molecule has 0 radical (unpaired) electrons. The van der Waals surface area contributed by atoms with Gasteiger partial charge in [0.15, 0.2) is 0 Å². The summed E-state index contributed by atoms with van der Waals surface area (Å²) in [7, 11) is -3.82. The van der Waals surface area contributed by atoms with Gasteiger partial charge in [0.1, 0.15) is 0 Å². The van der Waals surface area contributed by atoms with Crippen molar-refractivity contribution < 1.29 is 13.2 Å². The molecule has 0 saturated carbocycles. The largest absolute Gasteiger partial charge is 0.350 e. The number of rotatable bonds is 7. The van der Waals surface area contributed by atoms with Gasteiger partial charge in [0.2, 0.25) is 10.0 Å². The van der Waals surface area contributed by atoms with Gasteiger partial charge < -0.3 is 5.32 Å². The highest BCUT2D eigenvalue weighted by Crippen LogP contribution is 2.17. The zero-order valence-electron chi connectivity index (χ0n) is 12.8. The number of amides is 1. The van der Waals surface area contributed by atoms with Gasteiger partial charge in [-0.1, -0.05) is 32.8 Å². The van der Waals surface area contributed by atoms with Crippen LogP contribution in [0.5, 0.6) is 0 Å². The zero-order chi connectivity index (χ0) is 16.0. The van der Waals surface area contributed by atoms with E-state index in [2.05, 4.69) is 12.2 Å². The van der Waals surface area contributed by atoms with Crippen molar-refractivity contribution in [3.05, 3.63) is 29.3 Å². The summed E-state index contributed by atoms with van der Waals surface area (Å²) in [4.78, 5) is 12.2. The molecule has 0 fully saturated rings. The smallest absolute Gasteiger partial charge is 0.251 e. The summed E-state index contributed by atoms with van der Waals surface area (Å²) in [5, 5.41) is 8.08. The van der Waals surface area contributed by atoms with Crippen LogP contribution in [0.25, 0.3) is 0 Å². The molecule has 21 heavy (non-hydrogen) atoms. The van der Waals surface area contributed by atoms with E-state index in [-0.39, 0.29) is 16.8 Å². The van der Waals surface area contributed by atoms with Gasteiger partial charge in [-0.15, -0.1) is 0 Å². The van der Waals surface area contributed by atoms with Crippen molar-refractivity contribution in [3.63, 3.8) is 0 Å². The summed E-state index contributed by atoms with van der Waals surface area (Å²) in [6.45, 7) is 5.88. The highest BCUT2D eigenvalue weighted by molar-refractivity contribution is 7.89. The number of nitrogens with one attached hydrogen (secondary N) is 1. The lowest BCUT2D eigenvalue weighted by molar-refractivity contribution is 0.0937. The summed E-state index contributed by atoms with van der Waals surface area (Å²) in [6.07, 6.45) is 3.55. The molecule has 1 atom stereocenters. The van der Waals surface area contributed by atoms with Crippen molar-refractivity contribution in [1.29, 1.82) is 0 Å². The number of carbonyl (C=O) groups excluding carboxylic acids is 1. The Morgan fingerprint density at radius 1 is 1.33 bits per heavy atom. The van der Waals surface area contributed by atoms with Crippen LogP contribution in [0.4, 0.5) is 0 Å². The van der Waals surface area contributed by atoms with Gasteiger partial charge >= 0.3 is 0 Å². The maximum atomic E-state index is 12.2. The first-order valence-corrected chi connectivity index (χ1v) is 8.80. The number of sulfonamides is 1. The summed E-state index contributed by atoms with van der Waals surface area (Å²) < 4.78 is 23.2. The molecule has 6 heteroatoms. The molecule has 1 aromatic rings. The first-order valence-electron chi connectivity index (χ1n) is 7.26. The lowest BCUT2D eigenvalue weighted by atomic mass is 10.1. The number of unbranched alkanes of at least 4 members (excludes halogenated alkanes) is 1. The SMILES string of the molecule is CCCCC(C)NC(=O)c1ccc(CC)c(S(N)(=O)=O)c1. The highest BCUT2D eigenvalue weighted by Gasteiger charge is 2.17. The van der Waals surface area contributed by atoms with E-state index in [4.69, 9.17) is 5.14 Å². The quantitative estimate of drug-likeness (QED) is 0.809. The van der Waals surface area contributed by atoms with Crippen LogP contribution in [0.15, 0.2) is 23.1 Å². The van der Waals surface area contributed by atoms with E-state index in [9.17, 15) is 13.2 Å². The molecule has 1 amide bonds. The standard InChI is InChI=1S/C15H24N2O3S/c1-4-6-7-11(3)17-15(18)13-9-8-12(5-2)14(10-13)21(16,19)20/h8-11H,4-7H2,1-3H3,(H,17,18)(H2,16,19,20). The van der Waals surface area contributed by atoms with Crippen LogP contribution in [0.1, 0.15) is 56.0 Å². The molecule has 1 unspecified atom stereocenters. The van der Waals surface area contributed by atoms with E-state index >= 15 is 0 Å². The van der Waals surface area contributed by atoms with Crippen molar-refractivity contribution in [2.45, 2.75) is 57.4 Å². The molecule has 0 saturated heterocycles. The number of benzene rings is 1. The fraction of sp³-hybridized carbons (Fsp3) is 0.533. The molecule has 1 rings (SSSR count). The van der Waals surface area contributed by atoms with Crippen LogP contribution < -0.4 is 10.5 Å². The minimum Gasteiger partial charge on any atom is -0.350 e.